The lowest BCUT2D eigenvalue weighted by molar-refractivity contribution is 0.245. The van der Waals surface area contributed by atoms with Crippen LogP contribution >= 0.6 is 11.3 Å². The summed E-state index contributed by atoms with van der Waals surface area (Å²) in [7, 11) is 0. The van der Waals surface area contributed by atoms with E-state index in [1.54, 1.807) is 23.7 Å². The molecule has 5 heteroatoms. The third-order valence-corrected chi connectivity index (χ3v) is 5.47. The Labute approximate surface area is 146 Å². The molecule has 0 spiro atoms. The first kappa shape index (κ1) is 15.4. The molecule has 1 aliphatic heterocycles. The minimum absolute atomic E-state index is 0.504. The number of nitrogens with zero attached hydrogens (tertiary/aromatic N) is 4. The van der Waals surface area contributed by atoms with Crippen LogP contribution in [0.3, 0.4) is 0 Å². The van der Waals surface area contributed by atoms with Gasteiger partial charge in [0, 0.05) is 30.4 Å². The topological polar surface area (TPSA) is 41.9 Å². The fraction of sp³-hybridized carbons (Fsp3) is 0.316. The molecule has 0 amide bonds. The van der Waals surface area contributed by atoms with E-state index >= 15 is 0 Å². The van der Waals surface area contributed by atoms with Gasteiger partial charge < -0.3 is 0 Å². The van der Waals surface area contributed by atoms with Crippen molar-refractivity contribution in [2.24, 2.45) is 0 Å². The number of aromatic nitrogens is 3. The van der Waals surface area contributed by atoms with Crippen LogP contribution in [0.25, 0.3) is 10.8 Å². The Morgan fingerprint density at radius 2 is 2.00 bits per heavy atom. The van der Waals surface area contributed by atoms with E-state index in [0.717, 1.165) is 23.8 Å². The fourth-order valence-electron chi connectivity index (χ4n) is 3.43. The summed E-state index contributed by atoms with van der Waals surface area (Å²) in [5.41, 5.74) is 3.95. The number of rotatable bonds is 4. The second-order valence-electron chi connectivity index (χ2n) is 6.20. The van der Waals surface area contributed by atoms with Crippen molar-refractivity contribution in [1.29, 1.82) is 0 Å². The summed E-state index contributed by atoms with van der Waals surface area (Å²) < 4.78 is 0. The number of hydrogen-bond acceptors (Lipinski definition) is 5. The zero-order chi connectivity index (χ0) is 16.4. The van der Waals surface area contributed by atoms with Crippen molar-refractivity contribution in [3.63, 3.8) is 0 Å². The van der Waals surface area contributed by atoms with Gasteiger partial charge in [0.25, 0.3) is 0 Å². The molecule has 1 aliphatic rings. The van der Waals surface area contributed by atoms with Gasteiger partial charge in [0.05, 0.1) is 5.69 Å². The van der Waals surface area contributed by atoms with Gasteiger partial charge in [0.15, 0.2) is 10.8 Å². The van der Waals surface area contributed by atoms with Crippen molar-refractivity contribution < 1.29 is 0 Å². The minimum Gasteiger partial charge on any atom is -0.290 e. The lowest BCUT2D eigenvalue weighted by atomic mass is 9.99. The van der Waals surface area contributed by atoms with E-state index in [9.17, 15) is 0 Å². The normalized spacial score (nSPS) is 18.1. The highest BCUT2D eigenvalue weighted by molar-refractivity contribution is 7.13. The molecule has 1 saturated heterocycles. The number of likely N-dealkylation sites (tertiary alicyclic amines) is 1. The first-order valence-electron chi connectivity index (χ1n) is 8.32. The minimum atomic E-state index is 0.504. The van der Waals surface area contributed by atoms with Crippen LogP contribution in [-0.2, 0) is 6.54 Å². The van der Waals surface area contributed by atoms with Gasteiger partial charge in [-0.2, -0.15) is 0 Å². The third-order valence-electron chi connectivity index (χ3n) is 4.59. The van der Waals surface area contributed by atoms with Crippen molar-refractivity contribution in [1.82, 2.24) is 19.9 Å². The van der Waals surface area contributed by atoms with Crippen LogP contribution in [0.5, 0.6) is 0 Å². The molecule has 122 valence electrons. The molecular weight excluding hydrogens is 316 g/mol. The van der Waals surface area contributed by atoms with E-state index in [2.05, 4.69) is 51.4 Å². The molecule has 0 N–H and O–H groups in total. The Balaban J connectivity index is 1.53. The van der Waals surface area contributed by atoms with Gasteiger partial charge in [-0.25, -0.2) is 15.0 Å². The van der Waals surface area contributed by atoms with Crippen LogP contribution in [0.4, 0.5) is 0 Å². The molecule has 4 nitrogen and oxygen atoms in total. The van der Waals surface area contributed by atoms with Gasteiger partial charge in [-0.15, -0.1) is 11.3 Å². The van der Waals surface area contributed by atoms with Gasteiger partial charge in [0.2, 0.25) is 0 Å². The average molecular weight is 336 g/mol. The molecule has 1 fully saturated rings. The van der Waals surface area contributed by atoms with Crippen LogP contribution in [0.2, 0.25) is 0 Å². The summed E-state index contributed by atoms with van der Waals surface area (Å²) >= 11 is 1.62. The Bertz CT molecular complexity index is 815. The third kappa shape index (κ3) is 3.09. The average Bonchev–Trinajstić information content (AvgIpc) is 3.26. The maximum absolute atomic E-state index is 4.75. The summed E-state index contributed by atoms with van der Waals surface area (Å²) in [5, 5.41) is 3.04. The van der Waals surface area contributed by atoms with Gasteiger partial charge in [-0.3, -0.25) is 4.90 Å². The molecule has 2 aromatic heterocycles. The van der Waals surface area contributed by atoms with Crippen LogP contribution in [0, 0.1) is 6.92 Å². The quantitative estimate of drug-likeness (QED) is 0.714. The second kappa shape index (κ2) is 6.79. The molecule has 4 rings (SSSR count). The summed E-state index contributed by atoms with van der Waals surface area (Å²) in [4.78, 5) is 15.9. The van der Waals surface area contributed by atoms with Crippen molar-refractivity contribution in [3.8, 4) is 10.8 Å². The van der Waals surface area contributed by atoms with Gasteiger partial charge in [-0.1, -0.05) is 24.3 Å². The Morgan fingerprint density at radius 3 is 2.83 bits per heavy atom. The first-order valence-corrected chi connectivity index (χ1v) is 9.20. The van der Waals surface area contributed by atoms with E-state index in [-0.39, 0.29) is 0 Å². The highest BCUT2D eigenvalue weighted by Gasteiger charge is 2.27. The molecule has 1 atom stereocenters. The van der Waals surface area contributed by atoms with E-state index in [1.165, 1.54) is 24.0 Å². The van der Waals surface area contributed by atoms with Crippen LogP contribution in [-0.4, -0.2) is 26.4 Å². The predicted octanol–water partition coefficient (Wildman–Crippen LogP) is 4.25. The largest absolute Gasteiger partial charge is 0.290 e. The highest BCUT2D eigenvalue weighted by Crippen LogP contribution is 2.35. The number of aryl methyl sites for hydroxylation is 1. The Kier molecular flexibility index (Phi) is 4.36. The van der Waals surface area contributed by atoms with E-state index < -0.39 is 0 Å². The standard InChI is InChI=1S/C19H20N4S/c1-14-6-2-3-7-16(14)17-8-4-11-23(17)12-15-13-24-19(22-15)18-20-9-5-10-21-18/h2-3,5-7,9-10,13,17H,4,8,11-12H2,1H3. The molecule has 1 unspecified atom stereocenters. The molecule has 3 aromatic rings. The van der Waals surface area contributed by atoms with Gasteiger partial charge in [-0.05, 0) is 43.5 Å². The molecule has 0 bridgehead atoms. The maximum Gasteiger partial charge on any atom is 0.188 e. The maximum atomic E-state index is 4.75. The number of thiazole rings is 1. The molecule has 3 heterocycles. The SMILES string of the molecule is Cc1ccccc1C1CCCN1Cc1csc(-c2ncccn2)n1. The number of hydrogen-bond donors (Lipinski definition) is 0. The lowest BCUT2D eigenvalue weighted by Crippen LogP contribution is -2.23. The van der Waals surface area contributed by atoms with Crippen molar-refractivity contribution in [3.05, 3.63) is 64.9 Å². The van der Waals surface area contributed by atoms with Gasteiger partial charge >= 0.3 is 0 Å². The van der Waals surface area contributed by atoms with Crippen molar-refractivity contribution in [2.75, 3.05) is 6.54 Å². The number of benzene rings is 1. The Hall–Kier alpha value is -2.11. The second-order valence-corrected chi connectivity index (χ2v) is 7.06. The van der Waals surface area contributed by atoms with Gasteiger partial charge in [0.1, 0.15) is 0 Å². The molecule has 24 heavy (non-hydrogen) atoms. The van der Waals surface area contributed by atoms with Crippen molar-refractivity contribution in [2.45, 2.75) is 32.4 Å². The molecule has 0 saturated carbocycles. The monoisotopic (exact) mass is 336 g/mol. The molecule has 1 aromatic carbocycles. The van der Waals surface area contributed by atoms with E-state index in [4.69, 9.17) is 4.98 Å². The van der Waals surface area contributed by atoms with Crippen LogP contribution in [0.1, 0.15) is 35.7 Å². The van der Waals surface area contributed by atoms with Crippen molar-refractivity contribution >= 4 is 11.3 Å². The predicted molar refractivity (Wildman–Crippen MR) is 96.7 cm³/mol. The summed E-state index contributed by atoms with van der Waals surface area (Å²) in [6, 6.07) is 11.1. The van der Waals surface area contributed by atoms with Crippen LogP contribution < -0.4 is 0 Å². The summed E-state index contributed by atoms with van der Waals surface area (Å²) in [5.74, 6) is 0.714. The first-order chi connectivity index (χ1) is 11.8. The summed E-state index contributed by atoms with van der Waals surface area (Å²) in [6.45, 7) is 4.23. The smallest absolute Gasteiger partial charge is 0.188 e. The zero-order valence-electron chi connectivity index (χ0n) is 13.7. The van der Waals surface area contributed by atoms with E-state index in [0.29, 0.717) is 11.9 Å². The molecule has 0 radical (unpaired) electrons. The highest BCUT2D eigenvalue weighted by atomic mass is 32.1. The lowest BCUT2D eigenvalue weighted by Gasteiger charge is -2.25. The molecule has 0 aliphatic carbocycles. The van der Waals surface area contributed by atoms with E-state index in [1.807, 2.05) is 6.07 Å². The van der Waals surface area contributed by atoms with Crippen LogP contribution in [0.15, 0.2) is 48.1 Å². The molecular formula is C19H20N4S. The fourth-order valence-corrected chi connectivity index (χ4v) is 4.18. The Morgan fingerprint density at radius 1 is 1.17 bits per heavy atom. The summed E-state index contributed by atoms with van der Waals surface area (Å²) in [6.07, 6.45) is 6.00. The zero-order valence-corrected chi connectivity index (χ0v) is 14.5.